The van der Waals surface area contributed by atoms with Gasteiger partial charge in [0.2, 0.25) is 0 Å². The second-order valence-corrected chi connectivity index (χ2v) is 8.16. The lowest BCUT2D eigenvalue weighted by Crippen LogP contribution is -2.24. The van der Waals surface area contributed by atoms with Crippen LogP contribution in [0.25, 0.3) is 0 Å². The number of halogens is 3. The fourth-order valence-corrected chi connectivity index (χ4v) is 2.76. The highest BCUT2D eigenvalue weighted by molar-refractivity contribution is 9.10. The number of esters is 1. The predicted octanol–water partition coefficient (Wildman–Crippen LogP) is 3.47. The van der Waals surface area contributed by atoms with Crippen molar-refractivity contribution in [2.24, 2.45) is 0 Å². The first-order chi connectivity index (χ1) is 8.42. The van der Waals surface area contributed by atoms with Crippen LogP contribution in [0, 0.1) is 5.82 Å². The van der Waals surface area contributed by atoms with Gasteiger partial charge in [-0.1, -0.05) is 15.9 Å². The molecule has 0 atom stereocenters. The minimum atomic E-state index is -4.30. The van der Waals surface area contributed by atoms with Crippen molar-refractivity contribution in [3.63, 3.8) is 0 Å². The molecule has 0 aliphatic heterocycles. The smallest absolute Gasteiger partial charge is 0.341 e. The molecule has 1 aromatic rings. The number of hydrogen-bond donors (Lipinski definition) is 0. The summed E-state index contributed by atoms with van der Waals surface area (Å²) < 4.78 is 41.6. The van der Waals surface area contributed by atoms with Crippen molar-refractivity contribution in [1.29, 1.82) is 0 Å². The Morgan fingerprint density at radius 3 is 2.32 bits per heavy atom. The summed E-state index contributed by atoms with van der Waals surface area (Å²) in [6.45, 7) is 4.83. The van der Waals surface area contributed by atoms with Crippen molar-refractivity contribution in [3.8, 4) is 0 Å². The Labute approximate surface area is 123 Å². The van der Waals surface area contributed by atoms with E-state index in [0.717, 1.165) is 12.1 Å². The summed E-state index contributed by atoms with van der Waals surface area (Å²) in [5, 5.41) is 0. The van der Waals surface area contributed by atoms with Crippen LogP contribution in [0.5, 0.6) is 0 Å². The third kappa shape index (κ3) is 4.43. The first-order valence-corrected chi connectivity index (χ1v) is 8.19. The average molecular weight is 374 g/mol. The molecule has 0 N–H and O–H groups in total. The van der Waals surface area contributed by atoms with Gasteiger partial charge < -0.3 is 4.74 Å². The van der Waals surface area contributed by atoms with Crippen molar-refractivity contribution < 1.29 is 22.3 Å². The minimum absolute atomic E-state index is 0.203. The van der Waals surface area contributed by atoms with Gasteiger partial charge in [0, 0.05) is 15.2 Å². The maximum atomic E-state index is 14.0. The summed E-state index contributed by atoms with van der Waals surface area (Å²) in [6, 6.07) is 2.11. The highest BCUT2D eigenvalue weighted by Gasteiger charge is 2.26. The van der Waals surface area contributed by atoms with Gasteiger partial charge in [-0.25, -0.2) is 17.6 Å². The number of ether oxygens (including phenoxy) is 1. The molecule has 19 heavy (non-hydrogen) atoms. The first kappa shape index (κ1) is 16.4. The number of benzene rings is 1. The summed E-state index contributed by atoms with van der Waals surface area (Å²) in [7, 11) is 0.809. The normalized spacial score (nSPS) is 12.3. The SMILES string of the molecule is CC(C)(C)OC(=O)c1cc(Br)cc(S(=O)(=O)Cl)c1F. The second-order valence-electron chi connectivity index (χ2n) is 4.71. The maximum absolute atomic E-state index is 14.0. The van der Waals surface area contributed by atoms with Gasteiger partial charge in [-0.15, -0.1) is 0 Å². The molecule has 0 saturated heterocycles. The highest BCUT2D eigenvalue weighted by Crippen LogP contribution is 2.27. The Morgan fingerprint density at radius 2 is 1.89 bits per heavy atom. The van der Waals surface area contributed by atoms with Gasteiger partial charge in [-0.2, -0.15) is 0 Å². The summed E-state index contributed by atoms with van der Waals surface area (Å²) in [5.74, 6) is -2.19. The first-order valence-electron chi connectivity index (χ1n) is 5.09. The Morgan fingerprint density at radius 1 is 1.37 bits per heavy atom. The van der Waals surface area contributed by atoms with Crippen LogP contribution in [0.4, 0.5) is 4.39 Å². The van der Waals surface area contributed by atoms with E-state index < -0.39 is 36.9 Å². The van der Waals surface area contributed by atoms with Gasteiger partial charge in [-0.05, 0) is 32.9 Å². The summed E-state index contributed by atoms with van der Waals surface area (Å²) >= 11 is 2.99. The molecule has 0 radical (unpaired) electrons. The van der Waals surface area contributed by atoms with Crippen molar-refractivity contribution in [2.75, 3.05) is 0 Å². The highest BCUT2D eigenvalue weighted by atomic mass is 79.9. The van der Waals surface area contributed by atoms with E-state index in [1.165, 1.54) is 0 Å². The van der Waals surface area contributed by atoms with Crippen LogP contribution in [-0.2, 0) is 13.8 Å². The molecule has 0 heterocycles. The quantitative estimate of drug-likeness (QED) is 0.588. The summed E-state index contributed by atoms with van der Waals surface area (Å²) in [5.41, 5.74) is -1.32. The molecule has 0 aromatic heterocycles. The van der Waals surface area contributed by atoms with E-state index in [2.05, 4.69) is 15.9 Å². The zero-order valence-electron chi connectivity index (χ0n) is 10.3. The lowest BCUT2D eigenvalue weighted by Gasteiger charge is -2.20. The Hall–Kier alpha value is -0.660. The molecule has 0 amide bonds. The second kappa shape index (κ2) is 5.38. The molecule has 0 bridgehead atoms. The molecule has 0 fully saturated rings. The van der Waals surface area contributed by atoms with E-state index in [4.69, 9.17) is 15.4 Å². The Balaban J connectivity index is 3.38. The zero-order chi connectivity index (χ0) is 15.0. The standard InChI is InChI=1S/C11H11BrClFO4S/c1-11(2,3)18-10(15)7-4-6(12)5-8(9(7)14)19(13,16)17/h4-5H,1-3H3. The molecule has 0 saturated carbocycles. The van der Waals surface area contributed by atoms with E-state index in [-0.39, 0.29) is 4.47 Å². The van der Waals surface area contributed by atoms with Crippen LogP contribution in [0.15, 0.2) is 21.5 Å². The third-order valence-electron chi connectivity index (χ3n) is 1.89. The van der Waals surface area contributed by atoms with E-state index in [0.29, 0.717) is 0 Å². The fourth-order valence-electron chi connectivity index (χ4n) is 1.22. The molecule has 0 unspecified atom stereocenters. The molecule has 0 aliphatic carbocycles. The topological polar surface area (TPSA) is 60.4 Å². The summed E-state index contributed by atoms with van der Waals surface area (Å²) in [4.78, 5) is 11.0. The van der Waals surface area contributed by atoms with Crippen LogP contribution < -0.4 is 0 Å². The van der Waals surface area contributed by atoms with Crippen LogP contribution in [-0.4, -0.2) is 20.0 Å². The van der Waals surface area contributed by atoms with Crippen LogP contribution in [0.1, 0.15) is 31.1 Å². The van der Waals surface area contributed by atoms with Crippen LogP contribution in [0.3, 0.4) is 0 Å². The lowest BCUT2D eigenvalue weighted by molar-refractivity contribution is 0.00640. The third-order valence-corrected chi connectivity index (χ3v) is 3.66. The number of carbonyl (C=O) groups excluding carboxylic acids is 1. The maximum Gasteiger partial charge on any atom is 0.341 e. The van der Waals surface area contributed by atoms with Crippen molar-refractivity contribution >= 4 is 41.6 Å². The molecule has 106 valence electrons. The molecule has 8 heteroatoms. The van der Waals surface area contributed by atoms with Gasteiger partial charge in [0.15, 0.2) is 5.82 Å². The van der Waals surface area contributed by atoms with Crippen molar-refractivity contribution in [2.45, 2.75) is 31.3 Å². The Bertz CT molecular complexity index is 622. The summed E-state index contributed by atoms with van der Waals surface area (Å²) in [6.07, 6.45) is 0. The molecule has 0 spiro atoms. The van der Waals surface area contributed by atoms with E-state index >= 15 is 0 Å². The minimum Gasteiger partial charge on any atom is -0.456 e. The average Bonchev–Trinajstić information content (AvgIpc) is 2.16. The predicted molar refractivity (Wildman–Crippen MR) is 72.3 cm³/mol. The fraction of sp³-hybridized carbons (Fsp3) is 0.364. The zero-order valence-corrected chi connectivity index (χ0v) is 13.5. The molecule has 1 aromatic carbocycles. The lowest BCUT2D eigenvalue weighted by atomic mass is 10.1. The van der Waals surface area contributed by atoms with E-state index in [1.807, 2.05) is 0 Å². The van der Waals surface area contributed by atoms with Gasteiger partial charge in [0.25, 0.3) is 9.05 Å². The van der Waals surface area contributed by atoms with E-state index in [1.54, 1.807) is 20.8 Å². The van der Waals surface area contributed by atoms with Gasteiger partial charge in [0.05, 0.1) is 5.56 Å². The van der Waals surface area contributed by atoms with Crippen molar-refractivity contribution in [1.82, 2.24) is 0 Å². The van der Waals surface area contributed by atoms with Crippen LogP contribution >= 0.6 is 26.6 Å². The Kier molecular flexibility index (Phi) is 4.64. The molecule has 1 rings (SSSR count). The van der Waals surface area contributed by atoms with Crippen LogP contribution in [0.2, 0.25) is 0 Å². The molecule has 4 nitrogen and oxygen atoms in total. The molecular weight excluding hydrogens is 363 g/mol. The largest absolute Gasteiger partial charge is 0.456 e. The molecule has 0 aliphatic rings. The molecular formula is C11H11BrClFO4S. The monoisotopic (exact) mass is 372 g/mol. The number of carbonyl (C=O) groups is 1. The van der Waals surface area contributed by atoms with Crippen molar-refractivity contribution in [3.05, 3.63) is 28.0 Å². The van der Waals surface area contributed by atoms with E-state index in [9.17, 15) is 17.6 Å². The number of rotatable bonds is 2. The van der Waals surface area contributed by atoms with Gasteiger partial charge in [0.1, 0.15) is 10.5 Å². The number of hydrogen-bond acceptors (Lipinski definition) is 4. The van der Waals surface area contributed by atoms with Gasteiger partial charge >= 0.3 is 5.97 Å². The van der Waals surface area contributed by atoms with Gasteiger partial charge in [-0.3, -0.25) is 0 Å².